The minimum Gasteiger partial charge on any atom is -0.346 e. The van der Waals surface area contributed by atoms with E-state index in [1.165, 1.54) is 12.1 Å². The molecule has 1 aliphatic heterocycles. The van der Waals surface area contributed by atoms with Gasteiger partial charge in [-0.15, -0.1) is 17.0 Å². The van der Waals surface area contributed by atoms with E-state index in [9.17, 15) is 19.7 Å². The van der Waals surface area contributed by atoms with E-state index in [-0.39, 0.29) is 46.3 Å². The average Bonchev–Trinajstić information content (AvgIpc) is 2.98. The van der Waals surface area contributed by atoms with E-state index >= 15 is 0 Å². The van der Waals surface area contributed by atoms with Crippen LogP contribution in [0.3, 0.4) is 0 Å². The Balaban J connectivity index is 0.00000256. The Morgan fingerprint density at radius 1 is 0.967 bits per heavy atom. The highest BCUT2D eigenvalue weighted by Crippen LogP contribution is 2.41. The molecule has 0 saturated carbocycles. The van der Waals surface area contributed by atoms with Gasteiger partial charge in [0.1, 0.15) is 17.6 Å². The fourth-order valence-electron chi connectivity index (χ4n) is 4.07. The zero-order chi connectivity index (χ0) is 20.9. The van der Waals surface area contributed by atoms with Crippen LogP contribution in [0.25, 0.3) is 0 Å². The molecule has 0 radical (unpaired) electrons. The molecule has 2 aromatic carbocycles. The lowest BCUT2D eigenvalue weighted by Gasteiger charge is -2.32. The fourth-order valence-corrected chi connectivity index (χ4v) is 4.07. The Morgan fingerprint density at radius 2 is 1.50 bits per heavy atom. The number of ketones is 2. The van der Waals surface area contributed by atoms with Crippen LogP contribution in [0.15, 0.2) is 59.9 Å². The number of anilines is 1. The molecule has 1 aliphatic carbocycles. The number of hydrogen-bond donors (Lipinski definition) is 0. The molecule has 7 nitrogen and oxygen atoms in total. The van der Waals surface area contributed by atoms with E-state index in [2.05, 4.69) is 13.8 Å². The third-order valence-corrected chi connectivity index (χ3v) is 5.32. The molecule has 4 rings (SSSR count). The van der Waals surface area contributed by atoms with Crippen molar-refractivity contribution in [3.8, 4) is 0 Å². The molecule has 156 valence electrons. The van der Waals surface area contributed by atoms with Crippen molar-refractivity contribution in [1.82, 2.24) is 4.90 Å². The topological polar surface area (TPSA) is 83.8 Å². The molecule has 2 aromatic rings. The standard InChI is InChI=1S/C22H21N3O4.BrH/c1-13(2)12-23-14(3)24(15-8-10-16(11-9-15)25(28)29)20-19(23)21(26)17-6-4-5-7-18(17)22(20)27;/h4-11,13-14H,12H2,1-3H3;1H. The van der Waals surface area contributed by atoms with Crippen LogP contribution in [0, 0.1) is 16.0 Å². The van der Waals surface area contributed by atoms with Crippen molar-refractivity contribution in [1.29, 1.82) is 0 Å². The molecule has 1 unspecified atom stereocenters. The van der Waals surface area contributed by atoms with Gasteiger partial charge in [0.25, 0.3) is 5.69 Å². The summed E-state index contributed by atoms with van der Waals surface area (Å²) in [5, 5.41) is 11.0. The number of nitro groups is 1. The molecule has 8 heteroatoms. The van der Waals surface area contributed by atoms with Crippen molar-refractivity contribution in [3.05, 3.63) is 81.2 Å². The molecule has 1 atom stereocenters. The van der Waals surface area contributed by atoms with Crippen molar-refractivity contribution in [2.45, 2.75) is 26.9 Å². The molecule has 0 amide bonds. The molecule has 0 aromatic heterocycles. The van der Waals surface area contributed by atoms with Gasteiger partial charge in [-0.3, -0.25) is 19.7 Å². The van der Waals surface area contributed by atoms with E-state index in [4.69, 9.17) is 0 Å². The lowest BCUT2D eigenvalue weighted by atomic mass is 9.90. The number of hydrogen-bond acceptors (Lipinski definition) is 6. The van der Waals surface area contributed by atoms with E-state index in [1.807, 2.05) is 16.7 Å². The predicted molar refractivity (Wildman–Crippen MR) is 119 cm³/mol. The first-order valence-corrected chi connectivity index (χ1v) is 9.54. The highest BCUT2D eigenvalue weighted by molar-refractivity contribution is 8.93. The summed E-state index contributed by atoms with van der Waals surface area (Å²) in [4.78, 5) is 41.1. The molecule has 0 fully saturated rings. The maximum absolute atomic E-state index is 13.4. The number of rotatable bonds is 4. The van der Waals surface area contributed by atoms with Gasteiger partial charge in [-0.2, -0.15) is 0 Å². The number of fused-ring (bicyclic) bond motifs is 1. The lowest BCUT2D eigenvalue weighted by molar-refractivity contribution is -0.384. The number of non-ortho nitro benzene ring substituents is 1. The minimum atomic E-state index is -0.460. The summed E-state index contributed by atoms with van der Waals surface area (Å²) < 4.78 is 0. The van der Waals surface area contributed by atoms with Gasteiger partial charge >= 0.3 is 0 Å². The van der Waals surface area contributed by atoms with Gasteiger partial charge in [0.2, 0.25) is 11.6 Å². The van der Waals surface area contributed by atoms with E-state index in [1.54, 1.807) is 36.4 Å². The minimum absolute atomic E-state index is 0. The number of allylic oxidation sites excluding steroid dienone is 2. The van der Waals surface area contributed by atoms with Gasteiger partial charge in [0, 0.05) is 35.5 Å². The van der Waals surface area contributed by atoms with Crippen molar-refractivity contribution in [2.24, 2.45) is 5.92 Å². The summed E-state index contributed by atoms with van der Waals surface area (Å²) in [7, 11) is 0. The van der Waals surface area contributed by atoms with Crippen LogP contribution in [0.2, 0.25) is 0 Å². The Labute approximate surface area is 184 Å². The van der Waals surface area contributed by atoms with Crippen LogP contribution in [0.5, 0.6) is 0 Å². The molecule has 2 aliphatic rings. The number of benzene rings is 2. The molecule has 0 spiro atoms. The van der Waals surface area contributed by atoms with Crippen LogP contribution < -0.4 is 4.90 Å². The Hall–Kier alpha value is -3.00. The quantitative estimate of drug-likeness (QED) is 0.478. The first kappa shape index (κ1) is 21.7. The van der Waals surface area contributed by atoms with Crippen LogP contribution in [0.4, 0.5) is 11.4 Å². The normalized spacial score (nSPS) is 17.8. The second-order valence-corrected chi connectivity index (χ2v) is 7.72. The maximum atomic E-state index is 13.4. The maximum Gasteiger partial charge on any atom is 0.269 e. The molecule has 1 heterocycles. The summed E-state index contributed by atoms with van der Waals surface area (Å²) in [5.74, 6) is -0.0816. The van der Waals surface area contributed by atoms with Gasteiger partial charge < -0.3 is 9.80 Å². The molecule has 0 N–H and O–H groups in total. The molecule has 0 saturated heterocycles. The van der Waals surface area contributed by atoms with Crippen LogP contribution in [-0.4, -0.2) is 34.1 Å². The van der Waals surface area contributed by atoms with Gasteiger partial charge in [-0.25, -0.2) is 0 Å². The summed E-state index contributed by atoms with van der Waals surface area (Å²) in [6.45, 7) is 6.67. The number of carbonyl (C=O) groups excluding carboxylic acids is 2. The SMILES string of the molecule is Br.CC(C)CN1C2=C(C(=O)c3ccccc3C2=O)N(c2ccc([N+](=O)[O-])cc2)C1C. The van der Waals surface area contributed by atoms with Gasteiger partial charge in [0.15, 0.2) is 0 Å². The molecule has 30 heavy (non-hydrogen) atoms. The van der Waals surface area contributed by atoms with Crippen molar-refractivity contribution in [3.63, 3.8) is 0 Å². The zero-order valence-corrected chi connectivity index (χ0v) is 18.6. The number of Topliss-reactive ketones (excluding diaryl/α,β-unsaturated/α-hetero) is 2. The Morgan fingerprint density at radius 3 is 2.00 bits per heavy atom. The number of nitrogens with zero attached hydrogens (tertiary/aromatic N) is 3. The summed E-state index contributed by atoms with van der Waals surface area (Å²) in [6, 6.07) is 12.9. The largest absolute Gasteiger partial charge is 0.346 e. The Bertz CT molecular complexity index is 1060. The highest BCUT2D eigenvalue weighted by atomic mass is 79.9. The van der Waals surface area contributed by atoms with Crippen LogP contribution >= 0.6 is 17.0 Å². The van der Waals surface area contributed by atoms with Gasteiger partial charge in [-0.1, -0.05) is 38.1 Å². The number of carbonyl (C=O) groups is 2. The van der Waals surface area contributed by atoms with Crippen molar-refractivity contribution in [2.75, 3.05) is 11.4 Å². The van der Waals surface area contributed by atoms with E-state index < -0.39 is 4.92 Å². The predicted octanol–water partition coefficient (Wildman–Crippen LogP) is 4.59. The molecule has 0 bridgehead atoms. The molecular weight excluding hydrogens is 450 g/mol. The Kier molecular flexibility index (Phi) is 5.81. The van der Waals surface area contributed by atoms with Crippen molar-refractivity contribution < 1.29 is 14.5 Å². The third-order valence-electron chi connectivity index (χ3n) is 5.32. The highest BCUT2D eigenvalue weighted by Gasteiger charge is 2.46. The summed E-state index contributed by atoms with van der Waals surface area (Å²) in [5.41, 5.74) is 2.18. The van der Waals surface area contributed by atoms with Gasteiger partial charge in [0.05, 0.1) is 4.92 Å². The van der Waals surface area contributed by atoms with Crippen LogP contribution in [-0.2, 0) is 0 Å². The lowest BCUT2D eigenvalue weighted by Crippen LogP contribution is -2.40. The second kappa shape index (κ2) is 8.02. The number of nitro benzene ring substituents is 1. The monoisotopic (exact) mass is 471 g/mol. The molecular formula is C22H22BrN3O4. The third kappa shape index (κ3) is 3.31. The second-order valence-electron chi connectivity index (χ2n) is 7.72. The summed E-state index contributed by atoms with van der Waals surface area (Å²) in [6.07, 6.45) is -0.272. The zero-order valence-electron chi connectivity index (χ0n) is 16.9. The number of halogens is 1. The smallest absolute Gasteiger partial charge is 0.269 e. The fraction of sp³-hybridized carbons (Fsp3) is 0.273. The van der Waals surface area contributed by atoms with E-state index in [0.717, 1.165) is 0 Å². The average molecular weight is 472 g/mol. The van der Waals surface area contributed by atoms with E-state index in [0.29, 0.717) is 34.8 Å². The summed E-state index contributed by atoms with van der Waals surface area (Å²) >= 11 is 0. The first-order valence-electron chi connectivity index (χ1n) is 9.54. The first-order chi connectivity index (χ1) is 13.8. The van der Waals surface area contributed by atoms with Crippen LogP contribution in [0.1, 0.15) is 41.5 Å². The van der Waals surface area contributed by atoms with Gasteiger partial charge in [-0.05, 0) is 25.0 Å². The van der Waals surface area contributed by atoms with Crippen molar-refractivity contribution >= 4 is 39.9 Å².